The van der Waals surface area contributed by atoms with Crippen molar-refractivity contribution < 1.29 is 4.79 Å². The molecular formula is C8H11BrN2O. The molecule has 1 amide bonds. The van der Waals surface area contributed by atoms with Gasteiger partial charge in [-0.2, -0.15) is 0 Å². The third kappa shape index (κ3) is 2.62. The van der Waals surface area contributed by atoms with Crippen LogP contribution in [-0.4, -0.2) is 29.9 Å². The van der Waals surface area contributed by atoms with E-state index in [0.717, 1.165) is 0 Å². The van der Waals surface area contributed by atoms with Crippen molar-refractivity contribution in [2.24, 2.45) is 0 Å². The average Bonchev–Trinajstić information content (AvgIpc) is 2.05. The standard InChI is InChI=1S/C8H10N2O.BrH/c1-10(2)8(11)7-4-3-5-9-6-7;/h3-6H,1-2H3;1H. The normalized spacial score (nSPS) is 8.50. The highest BCUT2D eigenvalue weighted by Crippen LogP contribution is 1.98. The molecule has 0 aliphatic rings. The number of amides is 1. The number of rotatable bonds is 1. The molecule has 0 unspecified atom stereocenters. The Morgan fingerprint density at radius 1 is 1.50 bits per heavy atom. The van der Waals surface area contributed by atoms with Crippen LogP contribution in [0.3, 0.4) is 0 Å². The molecule has 0 atom stereocenters. The molecule has 0 aromatic carbocycles. The summed E-state index contributed by atoms with van der Waals surface area (Å²) in [5, 5.41) is 0. The second-order valence-corrected chi connectivity index (χ2v) is 2.44. The van der Waals surface area contributed by atoms with Crippen molar-refractivity contribution in [3.8, 4) is 0 Å². The second kappa shape index (κ2) is 4.87. The van der Waals surface area contributed by atoms with Crippen molar-refractivity contribution in [3.05, 3.63) is 30.1 Å². The summed E-state index contributed by atoms with van der Waals surface area (Å²) < 4.78 is 0. The topological polar surface area (TPSA) is 33.2 Å². The molecule has 12 heavy (non-hydrogen) atoms. The van der Waals surface area contributed by atoms with Crippen molar-refractivity contribution in [3.63, 3.8) is 0 Å². The van der Waals surface area contributed by atoms with E-state index in [4.69, 9.17) is 0 Å². The fourth-order valence-corrected chi connectivity index (χ4v) is 0.747. The molecule has 0 aliphatic carbocycles. The fourth-order valence-electron chi connectivity index (χ4n) is 0.747. The molecule has 0 aliphatic heterocycles. The monoisotopic (exact) mass is 230 g/mol. The largest absolute Gasteiger partial charge is 0.345 e. The van der Waals surface area contributed by atoms with Gasteiger partial charge in [0.1, 0.15) is 0 Å². The Morgan fingerprint density at radius 3 is 2.58 bits per heavy atom. The summed E-state index contributed by atoms with van der Waals surface area (Å²) in [5.74, 6) is -0.0156. The summed E-state index contributed by atoms with van der Waals surface area (Å²) in [6.07, 6.45) is 3.20. The van der Waals surface area contributed by atoms with Gasteiger partial charge in [0.15, 0.2) is 0 Å². The zero-order valence-electron chi connectivity index (χ0n) is 7.02. The van der Waals surface area contributed by atoms with Crippen LogP contribution < -0.4 is 0 Å². The first-order valence-corrected chi connectivity index (χ1v) is 3.33. The molecular weight excluding hydrogens is 220 g/mol. The van der Waals surface area contributed by atoms with Crippen molar-refractivity contribution in [2.45, 2.75) is 0 Å². The Hall–Kier alpha value is -0.900. The van der Waals surface area contributed by atoms with E-state index in [9.17, 15) is 4.79 Å². The number of aromatic nitrogens is 1. The number of pyridine rings is 1. The third-order valence-corrected chi connectivity index (χ3v) is 1.31. The van der Waals surface area contributed by atoms with Crippen molar-refractivity contribution in [1.29, 1.82) is 0 Å². The second-order valence-electron chi connectivity index (χ2n) is 2.44. The van der Waals surface area contributed by atoms with Crippen molar-refractivity contribution >= 4 is 22.9 Å². The van der Waals surface area contributed by atoms with Gasteiger partial charge in [-0.25, -0.2) is 0 Å². The van der Waals surface area contributed by atoms with E-state index in [1.54, 1.807) is 38.6 Å². The summed E-state index contributed by atoms with van der Waals surface area (Å²) in [5.41, 5.74) is 0.623. The Morgan fingerprint density at radius 2 is 2.17 bits per heavy atom. The Balaban J connectivity index is 0.00000121. The van der Waals surface area contributed by atoms with Crippen molar-refractivity contribution in [1.82, 2.24) is 9.88 Å². The maximum absolute atomic E-state index is 11.2. The van der Waals surface area contributed by atoms with E-state index in [2.05, 4.69) is 4.98 Å². The zero-order valence-corrected chi connectivity index (χ0v) is 8.73. The van der Waals surface area contributed by atoms with E-state index in [1.807, 2.05) is 0 Å². The van der Waals surface area contributed by atoms with Gasteiger partial charge in [0.05, 0.1) is 5.56 Å². The van der Waals surface area contributed by atoms with Crippen LogP contribution in [0.25, 0.3) is 0 Å². The molecule has 0 saturated carbocycles. The van der Waals surface area contributed by atoms with E-state index in [-0.39, 0.29) is 22.9 Å². The minimum atomic E-state index is -0.0156. The Bertz CT molecular complexity index is 248. The lowest BCUT2D eigenvalue weighted by atomic mass is 10.2. The average molecular weight is 231 g/mol. The van der Waals surface area contributed by atoms with Gasteiger partial charge in [0, 0.05) is 26.5 Å². The van der Waals surface area contributed by atoms with Crippen LogP contribution >= 0.6 is 17.0 Å². The summed E-state index contributed by atoms with van der Waals surface area (Å²) >= 11 is 0. The molecule has 0 spiro atoms. The Labute approximate surface area is 82.2 Å². The fraction of sp³-hybridized carbons (Fsp3) is 0.250. The quantitative estimate of drug-likeness (QED) is 0.731. The molecule has 0 N–H and O–H groups in total. The highest BCUT2D eigenvalue weighted by Gasteiger charge is 2.05. The number of nitrogens with zero attached hydrogens (tertiary/aromatic N) is 2. The van der Waals surface area contributed by atoms with Gasteiger partial charge in [-0.1, -0.05) is 0 Å². The predicted molar refractivity (Wildman–Crippen MR) is 52.6 cm³/mol. The number of hydrogen-bond acceptors (Lipinski definition) is 2. The molecule has 0 bridgehead atoms. The van der Waals surface area contributed by atoms with Crippen LogP contribution in [0.1, 0.15) is 10.4 Å². The first-order valence-electron chi connectivity index (χ1n) is 3.33. The van der Waals surface area contributed by atoms with E-state index in [1.165, 1.54) is 4.90 Å². The number of carbonyl (C=O) groups excluding carboxylic acids is 1. The molecule has 0 saturated heterocycles. The minimum Gasteiger partial charge on any atom is -0.345 e. The molecule has 4 heteroatoms. The van der Waals surface area contributed by atoms with Gasteiger partial charge in [-0.3, -0.25) is 9.78 Å². The van der Waals surface area contributed by atoms with Crippen LogP contribution in [0.4, 0.5) is 0 Å². The van der Waals surface area contributed by atoms with Gasteiger partial charge in [-0.05, 0) is 12.1 Å². The lowest BCUT2D eigenvalue weighted by Gasteiger charge is -2.08. The van der Waals surface area contributed by atoms with E-state index < -0.39 is 0 Å². The highest BCUT2D eigenvalue weighted by atomic mass is 79.9. The van der Waals surface area contributed by atoms with E-state index >= 15 is 0 Å². The van der Waals surface area contributed by atoms with E-state index in [0.29, 0.717) is 5.56 Å². The highest BCUT2D eigenvalue weighted by molar-refractivity contribution is 8.93. The van der Waals surface area contributed by atoms with Crippen LogP contribution in [0.15, 0.2) is 24.5 Å². The van der Waals surface area contributed by atoms with Crippen LogP contribution in [0.5, 0.6) is 0 Å². The van der Waals surface area contributed by atoms with Gasteiger partial charge in [0.25, 0.3) is 5.91 Å². The van der Waals surface area contributed by atoms with Crippen LogP contribution in [0.2, 0.25) is 0 Å². The molecule has 0 radical (unpaired) electrons. The zero-order chi connectivity index (χ0) is 8.27. The molecule has 66 valence electrons. The molecule has 1 heterocycles. The molecule has 1 rings (SSSR count). The molecule has 1 aromatic heterocycles. The van der Waals surface area contributed by atoms with Gasteiger partial charge in [-0.15, -0.1) is 17.0 Å². The molecule has 0 fully saturated rings. The SMILES string of the molecule is Br.CN(C)C(=O)c1cccnc1. The smallest absolute Gasteiger partial charge is 0.254 e. The minimum absolute atomic E-state index is 0. The predicted octanol–water partition coefficient (Wildman–Crippen LogP) is 1.36. The summed E-state index contributed by atoms with van der Waals surface area (Å²) in [7, 11) is 3.44. The first-order chi connectivity index (χ1) is 5.22. The summed E-state index contributed by atoms with van der Waals surface area (Å²) in [6, 6.07) is 3.49. The van der Waals surface area contributed by atoms with Crippen molar-refractivity contribution in [2.75, 3.05) is 14.1 Å². The summed E-state index contributed by atoms with van der Waals surface area (Å²) in [6.45, 7) is 0. The molecule has 3 nitrogen and oxygen atoms in total. The number of halogens is 1. The number of hydrogen-bond donors (Lipinski definition) is 0. The Kier molecular flexibility index (Phi) is 4.51. The van der Waals surface area contributed by atoms with Gasteiger partial charge < -0.3 is 4.90 Å². The first kappa shape index (κ1) is 11.1. The maximum atomic E-state index is 11.2. The van der Waals surface area contributed by atoms with Crippen LogP contribution in [0, 0.1) is 0 Å². The van der Waals surface area contributed by atoms with Crippen LogP contribution in [-0.2, 0) is 0 Å². The third-order valence-electron chi connectivity index (χ3n) is 1.31. The molecule has 1 aromatic rings. The van der Waals surface area contributed by atoms with Gasteiger partial charge in [0.2, 0.25) is 0 Å². The maximum Gasteiger partial charge on any atom is 0.254 e. The lowest BCUT2D eigenvalue weighted by molar-refractivity contribution is 0.0827. The lowest BCUT2D eigenvalue weighted by Crippen LogP contribution is -2.21. The van der Waals surface area contributed by atoms with Gasteiger partial charge >= 0.3 is 0 Å². The number of carbonyl (C=O) groups is 1. The summed E-state index contributed by atoms with van der Waals surface area (Å²) in [4.78, 5) is 16.6.